The lowest BCUT2D eigenvalue weighted by Gasteiger charge is -2.28. The van der Waals surface area contributed by atoms with Crippen LogP contribution in [-0.4, -0.2) is 18.1 Å². The van der Waals surface area contributed by atoms with Gasteiger partial charge in [-0.05, 0) is 36.4 Å². The van der Waals surface area contributed by atoms with Crippen LogP contribution in [0.15, 0.2) is 108 Å². The predicted molar refractivity (Wildman–Crippen MR) is 126 cm³/mol. The van der Waals surface area contributed by atoms with Crippen LogP contribution in [0.5, 0.6) is 0 Å². The first-order valence-electron chi connectivity index (χ1n) is 8.71. The van der Waals surface area contributed by atoms with Gasteiger partial charge in [0.25, 0.3) is 0 Å². The zero-order valence-electron chi connectivity index (χ0n) is 15.4. The van der Waals surface area contributed by atoms with Crippen molar-refractivity contribution in [3.05, 3.63) is 103 Å². The average molecular weight is 484 g/mol. The Morgan fingerprint density at radius 2 is 1.29 bits per heavy atom. The molecule has 1 N–H and O–H groups in total. The van der Waals surface area contributed by atoms with E-state index in [-0.39, 0.29) is 24.0 Å². The second kappa shape index (κ2) is 8.79. The van der Waals surface area contributed by atoms with E-state index in [1.54, 1.807) is 5.01 Å². The van der Waals surface area contributed by atoms with Gasteiger partial charge in [0.15, 0.2) is 5.82 Å². The van der Waals surface area contributed by atoms with Gasteiger partial charge in [0.05, 0.1) is 11.4 Å². The maximum atomic E-state index is 10.1. The SMILES string of the molecule is CN(C1=NN(c2ccccc2)/C(=C/O)N1c1ccccc1)c1ccccc1.I. The minimum absolute atomic E-state index is 0. The fraction of sp³-hybridized carbons (Fsp3) is 0.0455. The highest BCUT2D eigenvalue weighted by Crippen LogP contribution is 2.33. The molecule has 0 aliphatic carbocycles. The summed E-state index contributed by atoms with van der Waals surface area (Å²) in [4.78, 5) is 3.93. The van der Waals surface area contributed by atoms with Crippen molar-refractivity contribution in [1.29, 1.82) is 0 Å². The lowest BCUT2D eigenvalue weighted by atomic mass is 10.2. The summed E-state index contributed by atoms with van der Waals surface area (Å²) in [5.74, 6) is 1.25. The van der Waals surface area contributed by atoms with Crippen molar-refractivity contribution in [1.82, 2.24) is 0 Å². The van der Waals surface area contributed by atoms with Crippen LogP contribution in [-0.2, 0) is 0 Å². The fourth-order valence-corrected chi connectivity index (χ4v) is 3.06. The second-order valence-corrected chi connectivity index (χ2v) is 6.10. The number of guanidine groups is 1. The number of aliphatic hydroxyl groups is 1. The van der Waals surface area contributed by atoms with Crippen molar-refractivity contribution in [3.8, 4) is 0 Å². The van der Waals surface area contributed by atoms with Gasteiger partial charge in [0.2, 0.25) is 5.96 Å². The zero-order chi connectivity index (χ0) is 18.6. The number of benzene rings is 3. The van der Waals surface area contributed by atoms with E-state index < -0.39 is 0 Å². The molecule has 0 fully saturated rings. The quantitative estimate of drug-likeness (QED) is 0.400. The lowest BCUT2D eigenvalue weighted by Crippen LogP contribution is -2.39. The van der Waals surface area contributed by atoms with Crippen LogP contribution >= 0.6 is 24.0 Å². The highest BCUT2D eigenvalue weighted by molar-refractivity contribution is 14.0. The van der Waals surface area contributed by atoms with Crippen LogP contribution in [0, 0.1) is 0 Å². The number of hydrogen-bond donors (Lipinski definition) is 1. The molecule has 0 unspecified atom stereocenters. The molecule has 0 bridgehead atoms. The Labute approximate surface area is 181 Å². The molecule has 1 aliphatic heterocycles. The minimum atomic E-state index is 0. The molecule has 6 heteroatoms. The molecule has 0 atom stereocenters. The third kappa shape index (κ3) is 3.68. The Bertz CT molecular complexity index is 962. The molecular formula is C22H21IN4O. The molecule has 28 heavy (non-hydrogen) atoms. The Morgan fingerprint density at radius 3 is 1.82 bits per heavy atom. The zero-order valence-corrected chi connectivity index (χ0v) is 17.7. The van der Waals surface area contributed by atoms with Gasteiger partial charge < -0.3 is 10.0 Å². The highest BCUT2D eigenvalue weighted by atomic mass is 127. The van der Waals surface area contributed by atoms with Crippen LogP contribution in [0.4, 0.5) is 17.1 Å². The van der Waals surface area contributed by atoms with E-state index in [2.05, 4.69) is 0 Å². The van der Waals surface area contributed by atoms with Gasteiger partial charge in [0.1, 0.15) is 6.26 Å². The van der Waals surface area contributed by atoms with Crippen LogP contribution in [0.3, 0.4) is 0 Å². The minimum Gasteiger partial charge on any atom is -0.512 e. The molecule has 0 amide bonds. The van der Waals surface area contributed by atoms with E-state index in [1.807, 2.05) is 108 Å². The highest BCUT2D eigenvalue weighted by Gasteiger charge is 2.34. The van der Waals surface area contributed by atoms with Crippen LogP contribution < -0.4 is 14.8 Å². The number of anilines is 3. The Balaban J connectivity index is 0.00000225. The van der Waals surface area contributed by atoms with E-state index in [4.69, 9.17) is 5.10 Å². The molecule has 3 aromatic carbocycles. The molecule has 0 radical (unpaired) electrons. The fourth-order valence-electron chi connectivity index (χ4n) is 3.06. The molecule has 0 saturated heterocycles. The first-order chi connectivity index (χ1) is 13.3. The number of rotatable bonds is 3. The van der Waals surface area contributed by atoms with Gasteiger partial charge in [-0.1, -0.05) is 54.6 Å². The van der Waals surface area contributed by atoms with Gasteiger partial charge in [-0.3, -0.25) is 4.90 Å². The van der Waals surface area contributed by atoms with E-state index in [0.29, 0.717) is 11.8 Å². The van der Waals surface area contributed by atoms with Crippen molar-refractivity contribution in [3.63, 3.8) is 0 Å². The standard InChI is InChI=1S/C22H20N4O.HI/c1-24(18-11-5-2-6-12-18)22-23-26(20-15-9-4-10-16-20)21(17-27)25(22)19-13-7-3-8-14-19;/h2-17,27H,1H3;1H/b21-17+;. The van der Waals surface area contributed by atoms with Crippen molar-refractivity contribution in [2.75, 3.05) is 21.9 Å². The van der Waals surface area contributed by atoms with Crippen LogP contribution in [0.2, 0.25) is 0 Å². The summed E-state index contributed by atoms with van der Waals surface area (Å²) in [5.41, 5.74) is 2.79. The van der Waals surface area contributed by atoms with Gasteiger partial charge in [-0.15, -0.1) is 29.1 Å². The maximum absolute atomic E-state index is 10.1. The van der Waals surface area contributed by atoms with Crippen molar-refractivity contribution >= 4 is 47.0 Å². The number of hydrogen-bond acceptors (Lipinski definition) is 5. The summed E-state index contributed by atoms with van der Waals surface area (Å²) >= 11 is 0. The number of halogens is 1. The van der Waals surface area contributed by atoms with E-state index in [0.717, 1.165) is 23.3 Å². The van der Waals surface area contributed by atoms with E-state index in [9.17, 15) is 5.11 Å². The molecular weight excluding hydrogens is 463 g/mol. The summed E-state index contributed by atoms with van der Waals surface area (Å²) in [5, 5.41) is 16.6. The maximum Gasteiger partial charge on any atom is 0.234 e. The van der Waals surface area contributed by atoms with E-state index in [1.165, 1.54) is 0 Å². The molecule has 4 rings (SSSR count). The van der Waals surface area contributed by atoms with Crippen molar-refractivity contribution in [2.45, 2.75) is 0 Å². The molecule has 1 aliphatic rings. The summed E-state index contributed by atoms with van der Waals surface area (Å²) in [6.45, 7) is 0. The number of nitrogens with zero attached hydrogens (tertiary/aromatic N) is 4. The molecule has 142 valence electrons. The third-order valence-electron chi connectivity index (χ3n) is 4.41. The smallest absolute Gasteiger partial charge is 0.234 e. The Morgan fingerprint density at radius 1 is 0.786 bits per heavy atom. The monoisotopic (exact) mass is 484 g/mol. The first kappa shape index (κ1) is 19.8. The van der Waals surface area contributed by atoms with Gasteiger partial charge >= 0.3 is 0 Å². The molecule has 5 nitrogen and oxygen atoms in total. The molecule has 0 spiro atoms. The van der Waals surface area contributed by atoms with Crippen LogP contribution in [0.25, 0.3) is 0 Å². The summed E-state index contributed by atoms with van der Waals surface area (Å²) in [6, 6.07) is 29.7. The molecule has 3 aromatic rings. The van der Waals surface area contributed by atoms with Crippen molar-refractivity contribution < 1.29 is 5.11 Å². The lowest BCUT2D eigenvalue weighted by molar-refractivity contribution is 0.465. The number of aliphatic hydroxyl groups excluding tert-OH is 1. The summed E-state index contributed by atoms with van der Waals surface area (Å²) in [7, 11) is 1.97. The normalized spacial score (nSPS) is 14.6. The van der Waals surface area contributed by atoms with Crippen molar-refractivity contribution in [2.24, 2.45) is 5.10 Å². The summed E-state index contributed by atoms with van der Waals surface area (Å²) < 4.78 is 0. The van der Waals surface area contributed by atoms with E-state index >= 15 is 0 Å². The van der Waals surface area contributed by atoms with Crippen LogP contribution in [0.1, 0.15) is 0 Å². The Kier molecular flexibility index (Phi) is 6.20. The second-order valence-electron chi connectivity index (χ2n) is 6.10. The molecule has 1 heterocycles. The number of hydrazone groups is 1. The Hall–Kier alpha value is -3.00. The van der Waals surface area contributed by atoms with Gasteiger partial charge in [0, 0.05) is 12.7 Å². The molecule has 0 aromatic heterocycles. The molecule has 0 saturated carbocycles. The predicted octanol–water partition coefficient (Wildman–Crippen LogP) is 5.40. The largest absolute Gasteiger partial charge is 0.512 e. The van der Waals surface area contributed by atoms with Gasteiger partial charge in [-0.25, -0.2) is 5.01 Å². The van der Waals surface area contributed by atoms with Gasteiger partial charge in [-0.2, -0.15) is 0 Å². The third-order valence-corrected chi connectivity index (χ3v) is 4.41. The summed E-state index contributed by atoms with van der Waals surface area (Å²) in [6.07, 6.45) is 1.09. The average Bonchev–Trinajstić information content (AvgIpc) is 3.14. The first-order valence-corrected chi connectivity index (χ1v) is 8.71. The number of para-hydroxylation sites is 3. The topological polar surface area (TPSA) is 42.3 Å².